The van der Waals surface area contributed by atoms with Gasteiger partial charge in [-0.2, -0.15) is 5.10 Å². The highest BCUT2D eigenvalue weighted by atomic mass is 16.4. The highest BCUT2D eigenvalue weighted by Gasteiger charge is 2.07. The van der Waals surface area contributed by atoms with Crippen molar-refractivity contribution >= 4 is 11.9 Å². The Bertz CT molecular complexity index is 393. The molecule has 86 valence electrons. The molecule has 0 radical (unpaired) electrons. The Hall–Kier alpha value is -1.98. The van der Waals surface area contributed by atoms with Crippen LogP contribution in [0.15, 0.2) is 12.3 Å². The van der Waals surface area contributed by atoms with Crippen molar-refractivity contribution in [2.45, 2.75) is 19.8 Å². The van der Waals surface area contributed by atoms with Crippen LogP contribution in [0.25, 0.3) is 0 Å². The zero-order chi connectivity index (χ0) is 12.0. The number of carboxylic acids is 1. The summed E-state index contributed by atoms with van der Waals surface area (Å²) in [6.07, 6.45) is 2.00. The molecule has 0 saturated heterocycles. The number of carbonyl (C=O) groups is 2. The maximum absolute atomic E-state index is 11.5. The molecule has 16 heavy (non-hydrogen) atoms. The lowest BCUT2D eigenvalue weighted by Crippen LogP contribution is -2.26. The molecule has 1 heterocycles. The van der Waals surface area contributed by atoms with Gasteiger partial charge in [-0.05, 0) is 25.0 Å². The first-order valence-electron chi connectivity index (χ1n) is 4.89. The summed E-state index contributed by atoms with van der Waals surface area (Å²) in [5.74, 6) is -1.20. The maximum atomic E-state index is 11.5. The number of aliphatic carboxylic acids is 1. The Kier molecular flexibility index (Phi) is 4.38. The highest BCUT2D eigenvalue weighted by Crippen LogP contribution is 1.97. The van der Waals surface area contributed by atoms with Crippen LogP contribution in [-0.4, -0.2) is 33.7 Å². The fourth-order valence-electron chi connectivity index (χ4n) is 1.11. The lowest BCUT2D eigenvalue weighted by molar-refractivity contribution is -0.137. The minimum atomic E-state index is -0.871. The Morgan fingerprint density at radius 3 is 2.88 bits per heavy atom. The molecule has 0 aromatic carbocycles. The highest BCUT2D eigenvalue weighted by molar-refractivity contribution is 5.92. The third-order valence-corrected chi connectivity index (χ3v) is 1.88. The van der Waals surface area contributed by atoms with Gasteiger partial charge in [-0.25, -0.2) is 0 Å². The largest absolute Gasteiger partial charge is 0.481 e. The molecule has 0 spiro atoms. The lowest BCUT2D eigenvalue weighted by atomic mass is 10.2. The number of aromatic nitrogens is 2. The van der Waals surface area contributed by atoms with E-state index in [1.54, 1.807) is 12.3 Å². The van der Waals surface area contributed by atoms with Gasteiger partial charge in [-0.3, -0.25) is 9.59 Å². The van der Waals surface area contributed by atoms with Crippen LogP contribution in [-0.2, 0) is 4.79 Å². The van der Waals surface area contributed by atoms with E-state index in [1.165, 1.54) is 0 Å². The smallest absolute Gasteiger partial charge is 0.303 e. The molecule has 0 atom stereocenters. The molecular weight excluding hydrogens is 210 g/mol. The van der Waals surface area contributed by atoms with E-state index in [-0.39, 0.29) is 18.0 Å². The van der Waals surface area contributed by atoms with Crippen LogP contribution in [0.3, 0.4) is 0 Å². The van der Waals surface area contributed by atoms with Gasteiger partial charge in [-0.15, -0.1) is 5.10 Å². The fourth-order valence-corrected chi connectivity index (χ4v) is 1.11. The van der Waals surface area contributed by atoms with Crippen molar-refractivity contribution in [2.24, 2.45) is 0 Å². The van der Waals surface area contributed by atoms with Gasteiger partial charge in [0.2, 0.25) is 0 Å². The first-order valence-corrected chi connectivity index (χ1v) is 4.89. The number of carbonyl (C=O) groups excluding carboxylic acids is 1. The summed E-state index contributed by atoms with van der Waals surface area (Å²) >= 11 is 0. The van der Waals surface area contributed by atoms with Gasteiger partial charge in [0.15, 0.2) is 5.69 Å². The quantitative estimate of drug-likeness (QED) is 0.704. The number of nitrogens with one attached hydrogen (secondary N) is 1. The topological polar surface area (TPSA) is 92.2 Å². The molecule has 0 saturated carbocycles. The van der Waals surface area contributed by atoms with Crippen LogP contribution in [0.4, 0.5) is 0 Å². The van der Waals surface area contributed by atoms with Crippen LogP contribution in [0.5, 0.6) is 0 Å². The number of hydrogen-bond acceptors (Lipinski definition) is 4. The van der Waals surface area contributed by atoms with E-state index in [9.17, 15) is 9.59 Å². The van der Waals surface area contributed by atoms with Crippen LogP contribution < -0.4 is 5.32 Å². The average Bonchev–Trinajstić information content (AvgIpc) is 2.24. The maximum Gasteiger partial charge on any atom is 0.303 e. The molecule has 0 bridgehead atoms. The van der Waals surface area contributed by atoms with Gasteiger partial charge in [0.05, 0.1) is 6.20 Å². The SMILES string of the molecule is Cc1cnnc(C(=O)NCCCC(=O)O)c1. The van der Waals surface area contributed by atoms with Crippen molar-refractivity contribution in [3.05, 3.63) is 23.5 Å². The zero-order valence-electron chi connectivity index (χ0n) is 8.93. The number of rotatable bonds is 5. The van der Waals surface area contributed by atoms with Crippen LogP contribution in [0, 0.1) is 6.92 Å². The average molecular weight is 223 g/mol. The first kappa shape index (κ1) is 12.1. The molecule has 6 heteroatoms. The second-order valence-corrected chi connectivity index (χ2v) is 3.37. The molecule has 0 aliphatic heterocycles. The molecule has 0 aliphatic rings. The number of carboxylic acid groups (broad SMARTS) is 1. The molecule has 1 aromatic heterocycles. The second-order valence-electron chi connectivity index (χ2n) is 3.37. The molecule has 0 fully saturated rings. The molecule has 1 aromatic rings. The van der Waals surface area contributed by atoms with Crippen molar-refractivity contribution < 1.29 is 14.7 Å². The summed E-state index contributed by atoms with van der Waals surface area (Å²) in [6, 6.07) is 1.62. The zero-order valence-corrected chi connectivity index (χ0v) is 8.93. The molecule has 1 amide bonds. The van der Waals surface area contributed by atoms with E-state index in [1.807, 2.05) is 6.92 Å². The van der Waals surface area contributed by atoms with Crippen LogP contribution >= 0.6 is 0 Å². The summed E-state index contributed by atoms with van der Waals surface area (Å²) in [5.41, 5.74) is 1.10. The van der Waals surface area contributed by atoms with Gasteiger partial charge >= 0.3 is 5.97 Å². The van der Waals surface area contributed by atoms with Gasteiger partial charge in [0, 0.05) is 13.0 Å². The van der Waals surface area contributed by atoms with E-state index < -0.39 is 5.97 Å². The van der Waals surface area contributed by atoms with Crippen molar-refractivity contribution in [1.29, 1.82) is 0 Å². The Balaban J connectivity index is 2.38. The van der Waals surface area contributed by atoms with Crippen molar-refractivity contribution in [2.75, 3.05) is 6.54 Å². The third kappa shape index (κ3) is 4.04. The number of amides is 1. The fraction of sp³-hybridized carbons (Fsp3) is 0.400. The van der Waals surface area contributed by atoms with E-state index in [4.69, 9.17) is 5.11 Å². The summed E-state index contributed by atoms with van der Waals surface area (Å²) in [4.78, 5) is 21.7. The molecule has 0 aliphatic carbocycles. The summed E-state index contributed by atoms with van der Waals surface area (Å²) in [7, 11) is 0. The molecule has 2 N–H and O–H groups in total. The minimum Gasteiger partial charge on any atom is -0.481 e. The summed E-state index contributed by atoms with van der Waals surface area (Å²) in [6.45, 7) is 2.14. The van der Waals surface area contributed by atoms with Gasteiger partial charge in [-0.1, -0.05) is 0 Å². The van der Waals surface area contributed by atoms with E-state index in [0.29, 0.717) is 13.0 Å². The van der Waals surface area contributed by atoms with Crippen LogP contribution in [0.2, 0.25) is 0 Å². The van der Waals surface area contributed by atoms with E-state index >= 15 is 0 Å². The number of nitrogens with zero attached hydrogens (tertiary/aromatic N) is 2. The molecule has 1 rings (SSSR count). The predicted molar refractivity (Wildman–Crippen MR) is 56.0 cm³/mol. The Labute approximate surface area is 92.7 Å². The van der Waals surface area contributed by atoms with Crippen molar-refractivity contribution in [1.82, 2.24) is 15.5 Å². The second kappa shape index (κ2) is 5.79. The van der Waals surface area contributed by atoms with E-state index in [0.717, 1.165) is 5.56 Å². The predicted octanol–water partition coefficient (Wildman–Crippen LogP) is 0.380. The normalized spacial score (nSPS) is 9.81. The monoisotopic (exact) mass is 223 g/mol. The Morgan fingerprint density at radius 1 is 1.50 bits per heavy atom. The lowest BCUT2D eigenvalue weighted by Gasteiger charge is -2.03. The van der Waals surface area contributed by atoms with Gasteiger partial charge in [0.1, 0.15) is 0 Å². The van der Waals surface area contributed by atoms with Gasteiger partial charge < -0.3 is 10.4 Å². The van der Waals surface area contributed by atoms with Crippen molar-refractivity contribution in [3.8, 4) is 0 Å². The van der Waals surface area contributed by atoms with E-state index in [2.05, 4.69) is 15.5 Å². The van der Waals surface area contributed by atoms with Crippen molar-refractivity contribution in [3.63, 3.8) is 0 Å². The van der Waals surface area contributed by atoms with Crippen LogP contribution in [0.1, 0.15) is 28.9 Å². The third-order valence-electron chi connectivity index (χ3n) is 1.88. The number of hydrogen-bond donors (Lipinski definition) is 2. The molecular formula is C10H13N3O3. The molecule has 0 unspecified atom stereocenters. The minimum absolute atomic E-state index is 0.0414. The molecule has 6 nitrogen and oxygen atoms in total. The Morgan fingerprint density at radius 2 is 2.25 bits per heavy atom. The van der Waals surface area contributed by atoms with Gasteiger partial charge in [0.25, 0.3) is 5.91 Å². The summed E-state index contributed by atoms with van der Waals surface area (Å²) < 4.78 is 0. The first-order chi connectivity index (χ1) is 7.59. The standard InChI is InChI=1S/C10H13N3O3/c1-7-5-8(13-12-6-7)10(16)11-4-2-3-9(14)15/h5-6H,2-4H2,1H3,(H,11,16)(H,14,15). The summed E-state index contributed by atoms with van der Waals surface area (Å²) in [5, 5.41) is 18.3. The number of aryl methyl sites for hydroxylation is 1.